The smallest absolute Gasteiger partial charge is 0.259 e. The summed E-state index contributed by atoms with van der Waals surface area (Å²) in [4.78, 5) is 12.4. The van der Waals surface area contributed by atoms with Crippen molar-refractivity contribution in [3.05, 3.63) is 59.7 Å². The van der Waals surface area contributed by atoms with E-state index in [0.717, 1.165) is 5.56 Å². The summed E-state index contributed by atoms with van der Waals surface area (Å²) in [5, 5.41) is 22.9. The molecule has 0 aliphatic heterocycles. The maximum absolute atomic E-state index is 12.4. The highest BCUT2D eigenvalue weighted by molar-refractivity contribution is 9.09. The van der Waals surface area contributed by atoms with Gasteiger partial charge in [0.05, 0.1) is 5.54 Å². The third kappa shape index (κ3) is 3.19. The Kier molecular flexibility index (Phi) is 4.53. The van der Waals surface area contributed by atoms with Crippen molar-refractivity contribution < 1.29 is 15.0 Å². The van der Waals surface area contributed by atoms with Crippen LogP contribution in [0, 0.1) is 0 Å². The largest absolute Gasteiger partial charge is 0.507 e. The first-order valence-corrected chi connectivity index (χ1v) is 7.55. The van der Waals surface area contributed by atoms with Gasteiger partial charge in [-0.2, -0.15) is 0 Å². The van der Waals surface area contributed by atoms with Gasteiger partial charge in [0.15, 0.2) is 0 Å². The van der Waals surface area contributed by atoms with Crippen LogP contribution in [-0.2, 0) is 5.54 Å². The van der Waals surface area contributed by atoms with E-state index in [1.54, 1.807) is 0 Å². The molecule has 0 aromatic heterocycles. The fourth-order valence-electron chi connectivity index (χ4n) is 2.06. The Morgan fingerprint density at radius 1 is 1.10 bits per heavy atom. The Morgan fingerprint density at radius 2 is 1.67 bits per heavy atom. The highest BCUT2D eigenvalue weighted by Gasteiger charge is 2.29. The Labute approximate surface area is 131 Å². The minimum Gasteiger partial charge on any atom is -0.507 e. The van der Waals surface area contributed by atoms with E-state index in [1.165, 1.54) is 18.2 Å². The Bertz CT molecular complexity index is 625. The number of amides is 1. The van der Waals surface area contributed by atoms with E-state index in [0.29, 0.717) is 5.33 Å². The summed E-state index contributed by atoms with van der Waals surface area (Å²) in [6.45, 7) is 1.87. The van der Waals surface area contributed by atoms with Crippen LogP contribution < -0.4 is 5.32 Å². The van der Waals surface area contributed by atoms with Crippen molar-refractivity contribution in [1.82, 2.24) is 5.32 Å². The van der Waals surface area contributed by atoms with Crippen LogP contribution in [0.15, 0.2) is 48.5 Å². The molecule has 0 saturated heterocycles. The summed E-state index contributed by atoms with van der Waals surface area (Å²) in [6.07, 6.45) is 0. The molecule has 0 spiro atoms. The summed E-state index contributed by atoms with van der Waals surface area (Å²) in [7, 11) is 0. The first-order chi connectivity index (χ1) is 9.98. The molecule has 2 rings (SSSR count). The zero-order chi connectivity index (χ0) is 15.5. The lowest BCUT2D eigenvalue weighted by atomic mass is 9.93. The SMILES string of the molecule is CC(CBr)(NC(=O)c1c(O)cccc1O)c1ccccc1. The number of hydrogen-bond acceptors (Lipinski definition) is 3. The van der Waals surface area contributed by atoms with Gasteiger partial charge in [0.1, 0.15) is 17.1 Å². The van der Waals surface area contributed by atoms with Crippen molar-refractivity contribution in [1.29, 1.82) is 0 Å². The van der Waals surface area contributed by atoms with Crippen molar-refractivity contribution in [2.45, 2.75) is 12.5 Å². The molecule has 0 bridgehead atoms. The second kappa shape index (κ2) is 6.18. The number of phenols is 2. The molecule has 0 aliphatic rings. The number of carbonyl (C=O) groups is 1. The molecule has 1 atom stereocenters. The van der Waals surface area contributed by atoms with Gasteiger partial charge in [0, 0.05) is 5.33 Å². The molecule has 0 fully saturated rings. The molecule has 2 aromatic carbocycles. The highest BCUT2D eigenvalue weighted by atomic mass is 79.9. The van der Waals surface area contributed by atoms with Crippen molar-refractivity contribution >= 4 is 21.8 Å². The number of halogens is 1. The topological polar surface area (TPSA) is 69.6 Å². The van der Waals surface area contributed by atoms with Crippen molar-refractivity contribution in [2.75, 3.05) is 5.33 Å². The fraction of sp³-hybridized carbons (Fsp3) is 0.188. The van der Waals surface area contributed by atoms with Crippen LogP contribution >= 0.6 is 15.9 Å². The van der Waals surface area contributed by atoms with Crippen LogP contribution in [0.4, 0.5) is 0 Å². The summed E-state index contributed by atoms with van der Waals surface area (Å²) < 4.78 is 0. The van der Waals surface area contributed by atoms with Gasteiger partial charge in [-0.3, -0.25) is 4.79 Å². The Hall–Kier alpha value is -2.01. The predicted octanol–water partition coefficient (Wildman–Crippen LogP) is 3.14. The summed E-state index contributed by atoms with van der Waals surface area (Å²) in [6, 6.07) is 13.7. The second-order valence-corrected chi connectivity index (χ2v) is 5.52. The third-order valence-corrected chi connectivity index (χ3v) is 4.44. The number of phenolic OH excluding ortho intramolecular Hbond substituents is 2. The first-order valence-electron chi connectivity index (χ1n) is 6.43. The highest BCUT2D eigenvalue weighted by Crippen LogP contribution is 2.29. The number of benzene rings is 2. The van der Waals surface area contributed by atoms with Gasteiger partial charge in [0.2, 0.25) is 0 Å². The molecule has 110 valence electrons. The molecule has 4 nitrogen and oxygen atoms in total. The zero-order valence-corrected chi connectivity index (χ0v) is 13.1. The number of alkyl halides is 1. The van der Waals surface area contributed by atoms with E-state index >= 15 is 0 Å². The van der Waals surface area contributed by atoms with E-state index in [1.807, 2.05) is 37.3 Å². The molecule has 3 N–H and O–H groups in total. The molecule has 0 radical (unpaired) electrons. The van der Waals surface area contributed by atoms with Crippen LogP contribution in [-0.4, -0.2) is 21.5 Å². The number of aromatic hydroxyl groups is 2. The summed E-state index contributed by atoms with van der Waals surface area (Å²) >= 11 is 3.41. The van der Waals surface area contributed by atoms with Gasteiger partial charge in [-0.25, -0.2) is 0 Å². The Balaban J connectivity index is 2.33. The first kappa shape index (κ1) is 15.4. The lowest BCUT2D eigenvalue weighted by Crippen LogP contribution is -2.44. The van der Waals surface area contributed by atoms with Crippen LogP contribution in [0.25, 0.3) is 0 Å². The van der Waals surface area contributed by atoms with E-state index in [9.17, 15) is 15.0 Å². The van der Waals surface area contributed by atoms with Gasteiger partial charge in [-0.15, -0.1) is 0 Å². The third-order valence-electron chi connectivity index (χ3n) is 3.32. The molecule has 0 heterocycles. The summed E-state index contributed by atoms with van der Waals surface area (Å²) in [5.41, 5.74) is 0.137. The number of nitrogens with one attached hydrogen (secondary N) is 1. The van der Waals surface area contributed by atoms with Gasteiger partial charge >= 0.3 is 0 Å². The molecular weight excluding hydrogens is 334 g/mol. The Morgan fingerprint density at radius 3 is 2.19 bits per heavy atom. The minimum absolute atomic E-state index is 0.124. The standard InChI is InChI=1S/C16H16BrNO3/c1-16(10-17,11-6-3-2-4-7-11)18-15(21)14-12(19)8-5-9-13(14)20/h2-9,19-20H,10H2,1H3,(H,18,21). The maximum Gasteiger partial charge on any atom is 0.259 e. The molecule has 1 amide bonds. The van der Waals surface area contributed by atoms with Crippen LogP contribution in [0.2, 0.25) is 0 Å². The molecule has 0 saturated carbocycles. The number of rotatable bonds is 4. The maximum atomic E-state index is 12.4. The molecular formula is C16H16BrNO3. The predicted molar refractivity (Wildman–Crippen MR) is 84.8 cm³/mol. The average Bonchev–Trinajstić information content (AvgIpc) is 2.48. The van der Waals surface area contributed by atoms with E-state index < -0.39 is 11.4 Å². The lowest BCUT2D eigenvalue weighted by molar-refractivity contribution is 0.0908. The van der Waals surface area contributed by atoms with Crippen molar-refractivity contribution in [3.8, 4) is 11.5 Å². The minimum atomic E-state index is -0.660. The van der Waals surface area contributed by atoms with E-state index in [4.69, 9.17) is 0 Å². The molecule has 0 aliphatic carbocycles. The van der Waals surface area contributed by atoms with Crippen molar-refractivity contribution in [2.24, 2.45) is 0 Å². The molecule has 5 heteroatoms. The lowest BCUT2D eigenvalue weighted by Gasteiger charge is -2.29. The van der Waals surface area contributed by atoms with E-state index in [2.05, 4.69) is 21.2 Å². The van der Waals surface area contributed by atoms with Gasteiger partial charge < -0.3 is 15.5 Å². The van der Waals surface area contributed by atoms with Gasteiger partial charge in [0.25, 0.3) is 5.91 Å². The number of carbonyl (C=O) groups excluding carboxylic acids is 1. The average molecular weight is 350 g/mol. The molecule has 21 heavy (non-hydrogen) atoms. The van der Waals surface area contributed by atoms with Crippen LogP contribution in [0.1, 0.15) is 22.8 Å². The fourth-order valence-corrected chi connectivity index (χ4v) is 2.53. The van der Waals surface area contributed by atoms with Crippen LogP contribution in [0.5, 0.6) is 11.5 Å². The normalized spacial score (nSPS) is 13.4. The molecule has 2 aromatic rings. The quantitative estimate of drug-likeness (QED) is 0.742. The molecule has 1 unspecified atom stereocenters. The zero-order valence-electron chi connectivity index (χ0n) is 11.5. The van der Waals surface area contributed by atoms with Gasteiger partial charge in [-0.1, -0.05) is 52.3 Å². The second-order valence-electron chi connectivity index (χ2n) is 4.96. The summed E-state index contributed by atoms with van der Waals surface area (Å²) in [5.74, 6) is -1.04. The number of hydrogen-bond donors (Lipinski definition) is 3. The monoisotopic (exact) mass is 349 g/mol. The van der Waals surface area contributed by atoms with Crippen LogP contribution in [0.3, 0.4) is 0 Å². The van der Waals surface area contributed by atoms with E-state index in [-0.39, 0.29) is 17.1 Å². The van der Waals surface area contributed by atoms with Gasteiger partial charge in [-0.05, 0) is 24.6 Å². The van der Waals surface area contributed by atoms with Crippen molar-refractivity contribution in [3.63, 3.8) is 0 Å².